The molecule has 12 atom stereocenters. The Morgan fingerprint density at radius 2 is 1.80 bits per heavy atom. The van der Waals surface area contributed by atoms with Gasteiger partial charge in [-0.1, -0.05) is 46.3 Å². The van der Waals surface area contributed by atoms with Gasteiger partial charge in [0.05, 0.1) is 18.3 Å². The number of ether oxygens (including phenoxy) is 1. The van der Waals surface area contributed by atoms with Crippen molar-refractivity contribution in [2.75, 3.05) is 0 Å². The highest BCUT2D eigenvalue weighted by Crippen LogP contribution is 2.67. The quantitative estimate of drug-likeness (QED) is 0.278. The van der Waals surface area contributed by atoms with Crippen LogP contribution in [0.3, 0.4) is 0 Å². The fraction of sp³-hybridized carbons (Fsp3) is 0.926. The zero-order valence-corrected chi connectivity index (χ0v) is 22.6. The summed E-state index contributed by atoms with van der Waals surface area (Å²) in [7, 11) is -4.75. The summed E-state index contributed by atoms with van der Waals surface area (Å²) in [6.45, 7) is 11.5. The van der Waals surface area contributed by atoms with Gasteiger partial charge in [-0.25, -0.2) is 4.18 Å². The third-order valence-electron chi connectivity index (χ3n) is 10.9. The molecule has 7 nitrogen and oxygen atoms in total. The van der Waals surface area contributed by atoms with Crippen molar-refractivity contribution >= 4 is 10.4 Å². The van der Waals surface area contributed by atoms with Crippen molar-refractivity contribution in [3.8, 4) is 0 Å². The van der Waals surface area contributed by atoms with Crippen molar-refractivity contribution in [2.45, 2.75) is 110 Å². The van der Waals surface area contributed by atoms with E-state index in [0.29, 0.717) is 48.7 Å². The Morgan fingerprint density at radius 1 is 1.11 bits per heavy atom. The van der Waals surface area contributed by atoms with Crippen molar-refractivity contribution in [3.05, 3.63) is 11.6 Å². The highest BCUT2D eigenvalue weighted by atomic mass is 32.3. The number of epoxide rings is 1. The van der Waals surface area contributed by atoms with Crippen molar-refractivity contribution < 1.29 is 32.1 Å². The van der Waals surface area contributed by atoms with E-state index in [1.165, 1.54) is 12.0 Å². The van der Waals surface area contributed by atoms with Crippen LogP contribution in [-0.2, 0) is 19.3 Å². The van der Waals surface area contributed by atoms with Crippen LogP contribution < -0.4 is 0 Å². The third kappa shape index (κ3) is 4.34. The molecule has 35 heavy (non-hydrogen) atoms. The van der Waals surface area contributed by atoms with E-state index < -0.39 is 34.1 Å². The first-order valence-corrected chi connectivity index (χ1v) is 15.0. The molecule has 4 fully saturated rings. The van der Waals surface area contributed by atoms with E-state index in [1.54, 1.807) is 0 Å². The standard InChI is InChI=1S/C27H44O7S/c1-14(2)12-22-24(33-22)15(3)17-8-9-18-16-6-7-20-25(34-35(30,31)32)23(29)21(28)13-27(20,5)19(16)10-11-26(17,18)4/h6,14-15,17-25,28-29H,7-13H2,1-5H3,(H,30,31,32)/t15-,17+,18-,19-,20-,21+,22+,23-,24-,25-,26+,27+/m0/s1. The Balaban J connectivity index is 1.39. The van der Waals surface area contributed by atoms with Crippen LogP contribution in [0.2, 0.25) is 0 Å². The van der Waals surface area contributed by atoms with Crippen LogP contribution in [0.1, 0.15) is 79.6 Å². The minimum Gasteiger partial charge on any atom is -0.390 e. The van der Waals surface area contributed by atoms with Crippen LogP contribution in [0.15, 0.2) is 11.6 Å². The maximum atomic E-state index is 11.6. The van der Waals surface area contributed by atoms with Gasteiger partial charge in [0.25, 0.3) is 0 Å². The first kappa shape index (κ1) is 26.1. The lowest BCUT2D eigenvalue weighted by atomic mass is 9.47. The molecule has 1 aliphatic heterocycles. The molecule has 5 aliphatic rings. The van der Waals surface area contributed by atoms with E-state index in [1.807, 2.05) is 0 Å². The molecular weight excluding hydrogens is 468 g/mol. The van der Waals surface area contributed by atoms with Gasteiger partial charge in [0.15, 0.2) is 0 Å². The SMILES string of the molecule is CC(C)C[C@H]1O[C@H]1[C@@H](C)[C@H]1CC[C@H]2C3=CC[C@H]4[C@H](OS(=O)(=O)O)[C@@H](O)[C@H](O)C[C@]4(C)[C@H]3CC[C@]12C. The lowest BCUT2D eigenvalue weighted by Crippen LogP contribution is -2.60. The van der Waals surface area contributed by atoms with E-state index in [0.717, 1.165) is 25.7 Å². The summed E-state index contributed by atoms with van der Waals surface area (Å²) in [5.41, 5.74) is 1.29. The van der Waals surface area contributed by atoms with Gasteiger partial charge in [0, 0.05) is 0 Å². The predicted molar refractivity (Wildman–Crippen MR) is 132 cm³/mol. The lowest BCUT2D eigenvalue weighted by molar-refractivity contribution is -0.165. The van der Waals surface area contributed by atoms with Gasteiger partial charge in [-0.2, -0.15) is 8.42 Å². The third-order valence-corrected chi connectivity index (χ3v) is 11.4. The molecule has 0 aromatic carbocycles. The second kappa shape index (κ2) is 8.77. The van der Waals surface area contributed by atoms with Crippen molar-refractivity contribution in [2.24, 2.45) is 46.3 Å². The first-order chi connectivity index (χ1) is 16.3. The lowest BCUT2D eigenvalue weighted by Gasteiger charge is -2.59. The van der Waals surface area contributed by atoms with E-state index >= 15 is 0 Å². The Hall–Kier alpha value is -0.510. The molecule has 3 saturated carbocycles. The van der Waals surface area contributed by atoms with Crippen LogP contribution in [0, 0.1) is 46.3 Å². The predicted octanol–water partition coefficient (Wildman–Crippen LogP) is 4.14. The van der Waals surface area contributed by atoms with E-state index in [2.05, 4.69) is 40.7 Å². The summed E-state index contributed by atoms with van der Waals surface area (Å²) < 4.78 is 43.6. The van der Waals surface area contributed by atoms with Crippen LogP contribution in [-0.4, -0.2) is 53.7 Å². The van der Waals surface area contributed by atoms with Crippen LogP contribution in [0.5, 0.6) is 0 Å². The van der Waals surface area contributed by atoms with E-state index in [4.69, 9.17) is 8.92 Å². The fourth-order valence-corrected chi connectivity index (χ4v) is 9.81. The van der Waals surface area contributed by atoms with Gasteiger partial charge in [0.1, 0.15) is 12.2 Å². The number of hydrogen-bond donors (Lipinski definition) is 3. The van der Waals surface area contributed by atoms with Crippen LogP contribution in [0.25, 0.3) is 0 Å². The molecule has 1 saturated heterocycles. The summed E-state index contributed by atoms with van der Waals surface area (Å²) >= 11 is 0. The van der Waals surface area contributed by atoms with Gasteiger partial charge >= 0.3 is 10.4 Å². The first-order valence-electron chi connectivity index (χ1n) is 13.6. The van der Waals surface area contributed by atoms with Gasteiger partial charge in [-0.05, 0) is 91.3 Å². The molecule has 1 heterocycles. The molecule has 0 bridgehead atoms. The maximum Gasteiger partial charge on any atom is 0.397 e. The smallest absolute Gasteiger partial charge is 0.390 e. The molecule has 4 aliphatic carbocycles. The van der Waals surface area contributed by atoms with Gasteiger partial charge in [-0.3, -0.25) is 4.55 Å². The molecule has 200 valence electrons. The average Bonchev–Trinajstić information content (AvgIpc) is 3.40. The van der Waals surface area contributed by atoms with Gasteiger partial charge < -0.3 is 14.9 Å². The monoisotopic (exact) mass is 512 g/mol. The summed E-state index contributed by atoms with van der Waals surface area (Å²) in [4.78, 5) is 0. The van der Waals surface area contributed by atoms with Crippen molar-refractivity contribution in [1.29, 1.82) is 0 Å². The minimum absolute atomic E-state index is 0.217. The molecule has 5 rings (SSSR count). The number of hydrogen-bond acceptors (Lipinski definition) is 6. The molecular formula is C27H44O7S. The number of aliphatic hydroxyl groups is 2. The molecule has 0 spiro atoms. The molecule has 3 N–H and O–H groups in total. The number of rotatable bonds is 6. The Labute approximate surface area is 210 Å². The van der Waals surface area contributed by atoms with Crippen molar-refractivity contribution in [3.63, 3.8) is 0 Å². The largest absolute Gasteiger partial charge is 0.397 e. The number of allylic oxidation sites excluding steroid dienone is 2. The topological polar surface area (TPSA) is 117 Å². The minimum atomic E-state index is -4.75. The summed E-state index contributed by atoms with van der Waals surface area (Å²) in [6.07, 6.45) is 6.07. The summed E-state index contributed by atoms with van der Waals surface area (Å²) in [5.74, 6) is 2.23. The van der Waals surface area contributed by atoms with Gasteiger partial charge in [0.2, 0.25) is 0 Å². The molecule has 0 aromatic heterocycles. The number of fused-ring (bicyclic) bond motifs is 5. The Kier molecular flexibility index (Phi) is 6.54. The Morgan fingerprint density at radius 3 is 2.46 bits per heavy atom. The highest BCUT2D eigenvalue weighted by Gasteiger charge is 2.63. The normalized spacial score (nSPS) is 50.2. The van der Waals surface area contributed by atoms with Gasteiger partial charge in [-0.15, -0.1) is 0 Å². The van der Waals surface area contributed by atoms with E-state index in [9.17, 15) is 23.2 Å². The zero-order valence-electron chi connectivity index (χ0n) is 21.8. The molecule has 0 unspecified atom stereocenters. The number of aliphatic hydroxyl groups excluding tert-OH is 2. The average molecular weight is 513 g/mol. The molecule has 8 heteroatoms. The summed E-state index contributed by atoms with van der Waals surface area (Å²) in [6, 6.07) is 0. The second-order valence-electron chi connectivity index (χ2n) is 13.3. The van der Waals surface area contributed by atoms with Crippen molar-refractivity contribution in [1.82, 2.24) is 0 Å². The Bertz CT molecular complexity index is 963. The second-order valence-corrected chi connectivity index (χ2v) is 14.3. The molecule has 0 radical (unpaired) electrons. The molecule has 0 aromatic rings. The highest BCUT2D eigenvalue weighted by molar-refractivity contribution is 7.80. The van der Waals surface area contributed by atoms with Crippen LogP contribution >= 0.6 is 0 Å². The van der Waals surface area contributed by atoms with E-state index in [-0.39, 0.29) is 17.3 Å². The van der Waals surface area contributed by atoms with Crippen LogP contribution in [0.4, 0.5) is 0 Å². The molecule has 0 amide bonds. The maximum absolute atomic E-state index is 11.6. The zero-order chi connectivity index (χ0) is 25.5. The summed E-state index contributed by atoms with van der Waals surface area (Å²) in [5, 5.41) is 21.3. The fourth-order valence-electron chi connectivity index (χ4n) is 9.28.